The Labute approximate surface area is 152 Å². The smallest absolute Gasteiger partial charge is 0.225 e. The number of anilines is 2. The lowest BCUT2D eigenvalue weighted by Gasteiger charge is -2.39. The number of pyridine rings is 1. The molecule has 2 aliphatic rings. The number of aryl methyl sites for hydroxylation is 1. The lowest BCUT2D eigenvalue weighted by atomic mass is 9.92. The second-order valence-electron chi connectivity index (χ2n) is 6.68. The third-order valence-corrected chi connectivity index (χ3v) is 5.43. The topological polar surface area (TPSA) is 68.9 Å². The molecule has 2 saturated heterocycles. The van der Waals surface area contributed by atoms with Crippen LogP contribution in [0.3, 0.4) is 0 Å². The van der Waals surface area contributed by atoms with Gasteiger partial charge in [-0.05, 0) is 37.8 Å². The first-order chi connectivity index (χ1) is 12.2. The van der Waals surface area contributed by atoms with Crippen molar-refractivity contribution in [1.82, 2.24) is 15.0 Å². The van der Waals surface area contributed by atoms with Crippen LogP contribution in [0.4, 0.5) is 11.8 Å². The van der Waals surface area contributed by atoms with E-state index in [0.717, 1.165) is 49.9 Å². The van der Waals surface area contributed by atoms with Crippen LogP contribution >= 0.6 is 11.6 Å². The number of fused-ring (bicyclic) bond motifs is 1. The van der Waals surface area contributed by atoms with Gasteiger partial charge in [0, 0.05) is 37.7 Å². The molecule has 2 aliphatic heterocycles. The van der Waals surface area contributed by atoms with Gasteiger partial charge in [0.1, 0.15) is 11.9 Å². The van der Waals surface area contributed by atoms with Crippen molar-refractivity contribution in [2.24, 2.45) is 5.92 Å². The molecule has 0 spiro atoms. The maximum atomic E-state index is 9.01. The van der Waals surface area contributed by atoms with Crippen molar-refractivity contribution in [3.05, 3.63) is 40.8 Å². The predicted octanol–water partition coefficient (Wildman–Crippen LogP) is 2.81. The second kappa shape index (κ2) is 6.49. The number of hydrogen-bond acceptors (Lipinski definition) is 6. The lowest BCUT2D eigenvalue weighted by molar-refractivity contribution is 0.386. The Hall–Kier alpha value is -2.39. The highest BCUT2D eigenvalue weighted by Gasteiger charge is 2.40. The number of aromatic nitrogens is 3. The Morgan fingerprint density at radius 3 is 2.88 bits per heavy atom. The zero-order valence-corrected chi connectivity index (χ0v) is 14.8. The highest BCUT2D eigenvalue weighted by molar-refractivity contribution is 6.33. The molecule has 2 atom stereocenters. The van der Waals surface area contributed by atoms with Gasteiger partial charge in [0.25, 0.3) is 0 Å². The third-order valence-electron chi connectivity index (χ3n) is 5.15. The van der Waals surface area contributed by atoms with Crippen molar-refractivity contribution in [2.45, 2.75) is 25.8 Å². The monoisotopic (exact) mass is 354 g/mol. The van der Waals surface area contributed by atoms with E-state index in [1.807, 2.05) is 19.2 Å². The molecule has 25 heavy (non-hydrogen) atoms. The maximum absolute atomic E-state index is 9.01. The van der Waals surface area contributed by atoms with Gasteiger partial charge in [-0.25, -0.2) is 15.0 Å². The molecule has 2 aromatic rings. The molecule has 2 aromatic heterocycles. The van der Waals surface area contributed by atoms with E-state index in [0.29, 0.717) is 22.5 Å². The van der Waals surface area contributed by atoms with Crippen LogP contribution in [0.1, 0.15) is 24.1 Å². The summed E-state index contributed by atoms with van der Waals surface area (Å²) in [6.45, 7) is 4.77. The van der Waals surface area contributed by atoms with Crippen LogP contribution in [0.15, 0.2) is 24.5 Å². The SMILES string of the molecule is Cc1ccnc(N2CCC3CCN(c4ncc(C#N)cc4Cl)C3C2)n1. The fourth-order valence-corrected chi connectivity index (χ4v) is 4.15. The van der Waals surface area contributed by atoms with Gasteiger partial charge in [-0.3, -0.25) is 0 Å². The van der Waals surface area contributed by atoms with E-state index < -0.39 is 0 Å². The number of halogens is 1. The number of rotatable bonds is 2. The molecular weight excluding hydrogens is 336 g/mol. The third kappa shape index (κ3) is 3.00. The van der Waals surface area contributed by atoms with Crippen molar-refractivity contribution < 1.29 is 0 Å². The summed E-state index contributed by atoms with van der Waals surface area (Å²) in [6, 6.07) is 6.04. The first kappa shape index (κ1) is 16.1. The van der Waals surface area contributed by atoms with E-state index in [9.17, 15) is 0 Å². The summed E-state index contributed by atoms with van der Waals surface area (Å²) in [6.07, 6.45) is 5.67. The summed E-state index contributed by atoms with van der Waals surface area (Å²) in [5.41, 5.74) is 1.47. The molecule has 2 unspecified atom stereocenters. The predicted molar refractivity (Wildman–Crippen MR) is 96.8 cm³/mol. The minimum absolute atomic E-state index is 0.343. The molecule has 4 rings (SSSR count). The Morgan fingerprint density at radius 2 is 2.12 bits per heavy atom. The molecular formula is C18H19ClN6. The second-order valence-corrected chi connectivity index (χ2v) is 7.09. The lowest BCUT2D eigenvalue weighted by Crippen LogP contribution is -2.49. The molecule has 0 radical (unpaired) electrons. The zero-order chi connectivity index (χ0) is 17.4. The maximum Gasteiger partial charge on any atom is 0.225 e. The Morgan fingerprint density at radius 1 is 1.28 bits per heavy atom. The summed E-state index contributed by atoms with van der Waals surface area (Å²) in [5, 5.41) is 9.55. The number of nitriles is 1. The van der Waals surface area contributed by atoms with Gasteiger partial charge < -0.3 is 9.80 Å². The van der Waals surface area contributed by atoms with E-state index in [1.165, 1.54) is 0 Å². The largest absolute Gasteiger partial charge is 0.350 e. The molecule has 0 aromatic carbocycles. The zero-order valence-electron chi connectivity index (χ0n) is 14.1. The quantitative estimate of drug-likeness (QED) is 0.826. The van der Waals surface area contributed by atoms with Gasteiger partial charge in [-0.1, -0.05) is 11.6 Å². The molecule has 128 valence electrons. The van der Waals surface area contributed by atoms with Crippen LogP contribution in [0, 0.1) is 24.2 Å². The van der Waals surface area contributed by atoms with Crippen molar-refractivity contribution in [2.75, 3.05) is 29.4 Å². The van der Waals surface area contributed by atoms with Gasteiger partial charge in [0.05, 0.1) is 16.6 Å². The molecule has 2 fully saturated rings. The highest BCUT2D eigenvalue weighted by Crippen LogP contribution is 2.37. The van der Waals surface area contributed by atoms with Crippen LogP contribution in [0.5, 0.6) is 0 Å². The Bertz CT molecular complexity index is 833. The van der Waals surface area contributed by atoms with E-state index in [1.54, 1.807) is 12.3 Å². The molecule has 0 bridgehead atoms. The van der Waals surface area contributed by atoms with Crippen LogP contribution in [0.25, 0.3) is 0 Å². The highest BCUT2D eigenvalue weighted by atomic mass is 35.5. The minimum Gasteiger partial charge on any atom is -0.350 e. The fourth-order valence-electron chi connectivity index (χ4n) is 3.88. The van der Waals surface area contributed by atoms with Gasteiger partial charge in [0.15, 0.2) is 0 Å². The van der Waals surface area contributed by atoms with Crippen LogP contribution in [-0.2, 0) is 0 Å². The molecule has 4 heterocycles. The van der Waals surface area contributed by atoms with Crippen LogP contribution in [0.2, 0.25) is 5.02 Å². The van der Waals surface area contributed by atoms with Gasteiger partial charge in [0.2, 0.25) is 5.95 Å². The van der Waals surface area contributed by atoms with Crippen molar-refractivity contribution in [3.8, 4) is 6.07 Å². The Balaban J connectivity index is 1.59. The van der Waals surface area contributed by atoms with E-state index >= 15 is 0 Å². The van der Waals surface area contributed by atoms with E-state index in [-0.39, 0.29) is 0 Å². The van der Waals surface area contributed by atoms with Gasteiger partial charge in [-0.2, -0.15) is 5.26 Å². The van der Waals surface area contributed by atoms with Crippen LogP contribution < -0.4 is 9.80 Å². The molecule has 6 nitrogen and oxygen atoms in total. The van der Waals surface area contributed by atoms with Gasteiger partial charge in [-0.15, -0.1) is 0 Å². The molecule has 0 aliphatic carbocycles. The molecule has 0 saturated carbocycles. The minimum atomic E-state index is 0.343. The van der Waals surface area contributed by atoms with Crippen molar-refractivity contribution in [3.63, 3.8) is 0 Å². The molecule has 0 amide bonds. The number of nitrogens with zero attached hydrogens (tertiary/aromatic N) is 6. The number of hydrogen-bond donors (Lipinski definition) is 0. The average Bonchev–Trinajstić information content (AvgIpc) is 3.04. The van der Waals surface area contributed by atoms with Gasteiger partial charge >= 0.3 is 0 Å². The summed E-state index contributed by atoms with van der Waals surface area (Å²) in [7, 11) is 0. The number of piperidine rings is 1. The Kier molecular flexibility index (Phi) is 4.18. The summed E-state index contributed by atoms with van der Waals surface area (Å²) in [5.74, 6) is 2.21. The van der Waals surface area contributed by atoms with Crippen LogP contribution in [-0.4, -0.2) is 40.6 Å². The summed E-state index contributed by atoms with van der Waals surface area (Å²) < 4.78 is 0. The van der Waals surface area contributed by atoms with Crippen molar-refractivity contribution in [1.29, 1.82) is 5.26 Å². The summed E-state index contributed by atoms with van der Waals surface area (Å²) in [4.78, 5) is 18.0. The van der Waals surface area contributed by atoms with E-state index in [2.05, 4.69) is 30.8 Å². The standard InChI is InChI=1S/C18H19ClN6/c1-12-2-5-21-18(23-12)24-6-3-14-4-7-25(16(14)11-24)17-15(19)8-13(9-20)10-22-17/h2,5,8,10,14,16H,3-4,6-7,11H2,1H3. The molecule has 7 heteroatoms. The first-order valence-corrected chi connectivity index (χ1v) is 8.90. The fraction of sp³-hybridized carbons (Fsp3) is 0.444. The van der Waals surface area contributed by atoms with Crippen molar-refractivity contribution >= 4 is 23.4 Å². The molecule has 0 N–H and O–H groups in total. The average molecular weight is 355 g/mol. The normalized spacial score (nSPS) is 22.6. The summed E-state index contributed by atoms with van der Waals surface area (Å²) >= 11 is 6.40. The van der Waals surface area contributed by atoms with E-state index in [4.69, 9.17) is 16.9 Å². The first-order valence-electron chi connectivity index (χ1n) is 8.52.